The van der Waals surface area contributed by atoms with Gasteiger partial charge in [0.15, 0.2) is 0 Å². The number of amides is 2. The predicted octanol–water partition coefficient (Wildman–Crippen LogP) is 4.11. The molecule has 1 heterocycles. The molecule has 2 aromatic rings. The van der Waals surface area contributed by atoms with Crippen molar-refractivity contribution in [1.82, 2.24) is 15.1 Å². The van der Waals surface area contributed by atoms with E-state index in [2.05, 4.69) is 10.2 Å². The lowest BCUT2D eigenvalue weighted by atomic mass is 10.2. The highest BCUT2D eigenvalue weighted by Crippen LogP contribution is 2.22. The average molecular weight is 455 g/mol. The second kappa shape index (κ2) is 10.3. The number of hydrogen-bond donors (Lipinski definition) is 1. The van der Waals surface area contributed by atoms with Gasteiger partial charge in [-0.3, -0.25) is 14.5 Å². The van der Waals surface area contributed by atoms with Crippen LogP contribution in [0, 0.1) is 0 Å². The Bertz CT molecular complexity index is 874. The van der Waals surface area contributed by atoms with Gasteiger partial charge in [0.25, 0.3) is 5.91 Å². The van der Waals surface area contributed by atoms with Crippen LogP contribution in [0.25, 0.3) is 0 Å². The molecule has 0 aliphatic carbocycles. The Balaban J connectivity index is 1.48. The summed E-state index contributed by atoms with van der Waals surface area (Å²) < 4.78 is 0. The van der Waals surface area contributed by atoms with E-state index in [-0.39, 0.29) is 18.4 Å². The molecule has 2 amide bonds. The molecule has 1 saturated heterocycles. The molecule has 1 aliphatic heterocycles. The molecule has 5 nitrogen and oxygen atoms in total. The van der Waals surface area contributed by atoms with Gasteiger partial charge in [-0.05, 0) is 42.3 Å². The van der Waals surface area contributed by atoms with Crippen molar-refractivity contribution in [3.8, 4) is 0 Å². The molecule has 1 N–H and O–H groups in total. The molecule has 0 bridgehead atoms. The van der Waals surface area contributed by atoms with E-state index in [0.29, 0.717) is 28.7 Å². The van der Waals surface area contributed by atoms with Gasteiger partial charge in [0.1, 0.15) is 0 Å². The first-order valence-electron chi connectivity index (χ1n) is 9.40. The summed E-state index contributed by atoms with van der Waals surface area (Å²) in [6, 6.07) is 12.5. The summed E-state index contributed by atoms with van der Waals surface area (Å²) in [5, 5.41) is 4.07. The summed E-state index contributed by atoms with van der Waals surface area (Å²) in [7, 11) is 0. The molecule has 8 heteroatoms. The van der Waals surface area contributed by atoms with Gasteiger partial charge in [0, 0.05) is 43.3 Å². The van der Waals surface area contributed by atoms with Crippen molar-refractivity contribution < 1.29 is 9.59 Å². The number of rotatable bonds is 5. The van der Waals surface area contributed by atoms with Crippen molar-refractivity contribution in [2.45, 2.75) is 13.0 Å². The second-order valence-electron chi connectivity index (χ2n) is 6.95. The lowest BCUT2D eigenvalue weighted by molar-refractivity contribution is -0.130. The number of hydrogen-bond acceptors (Lipinski definition) is 3. The lowest BCUT2D eigenvalue weighted by Gasteiger charge is -2.22. The van der Waals surface area contributed by atoms with Gasteiger partial charge in [-0.15, -0.1) is 0 Å². The molecule has 0 atom stereocenters. The summed E-state index contributed by atoms with van der Waals surface area (Å²) in [5.74, 6) is -0.442. The summed E-state index contributed by atoms with van der Waals surface area (Å²) in [6.45, 7) is 3.80. The first kappa shape index (κ1) is 21.9. The summed E-state index contributed by atoms with van der Waals surface area (Å²) >= 11 is 17.7. The molecule has 0 unspecified atom stereocenters. The SMILES string of the molecule is O=C(NCC(=O)N1CCCN(Cc2ccc(Cl)cc2)CC1)c1ccc(Cl)c(Cl)c1. The molecule has 0 aromatic heterocycles. The van der Waals surface area contributed by atoms with Crippen LogP contribution < -0.4 is 5.32 Å². The van der Waals surface area contributed by atoms with E-state index in [1.54, 1.807) is 17.0 Å². The first-order chi connectivity index (χ1) is 13.9. The maximum Gasteiger partial charge on any atom is 0.251 e. The largest absolute Gasteiger partial charge is 0.343 e. The van der Waals surface area contributed by atoms with E-state index in [4.69, 9.17) is 34.8 Å². The van der Waals surface area contributed by atoms with Gasteiger partial charge in [-0.1, -0.05) is 46.9 Å². The maximum absolute atomic E-state index is 12.5. The zero-order valence-electron chi connectivity index (χ0n) is 15.8. The Labute approximate surface area is 185 Å². The number of carbonyl (C=O) groups is 2. The van der Waals surface area contributed by atoms with Crippen LogP contribution in [0.3, 0.4) is 0 Å². The van der Waals surface area contributed by atoms with Crippen LogP contribution in [0.5, 0.6) is 0 Å². The zero-order valence-corrected chi connectivity index (χ0v) is 18.1. The number of halogens is 3. The van der Waals surface area contributed by atoms with Gasteiger partial charge in [0.2, 0.25) is 5.91 Å². The number of benzene rings is 2. The number of nitrogens with zero attached hydrogens (tertiary/aromatic N) is 2. The highest BCUT2D eigenvalue weighted by atomic mass is 35.5. The molecule has 29 heavy (non-hydrogen) atoms. The Morgan fingerprint density at radius 3 is 2.38 bits per heavy atom. The minimum Gasteiger partial charge on any atom is -0.343 e. The average Bonchev–Trinajstić information content (AvgIpc) is 2.95. The van der Waals surface area contributed by atoms with Crippen molar-refractivity contribution in [1.29, 1.82) is 0 Å². The van der Waals surface area contributed by atoms with Crippen LogP contribution in [-0.2, 0) is 11.3 Å². The third kappa shape index (κ3) is 6.34. The van der Waals surface area contributed by atoms with E-state index in [0.717, 1.165) is 31.1 Å². The van der Waals surface area contributed by atoms with E-state index < -0.39 is 0 Å². The van der Waals surface area contributed by atoms with Crippen LogP contribution in [0.15, 0.2) is 42.5 Å². The highest BCUT2D eigenvalue weighted by molar-refractivity contribution is 6.42. The van der Waals surface area contributed by atoms with Crippen molar-refractivity contribution >= 4 is 46.6 Å². The van der Waals surface area contributed by atoms with Crippen molar-refractivity contribution in [3.05, 3.63) is 68.7 Å². The molecule has 154 valence electrons. The van der Waals surface area contributed by atoms with E-state index in [9.17, 15) is 9.59 Å². The molecule has 3 rings (SSSR count). The Hall–Kier alpha value is -1.79. The van der Waals surface area contributed by atoms with Crippen molar-refractivity contribution in [2.24, 2.45) is 0 Å². The fourth-order valence-corrected chi connectivity index (χ4v) is 3.66. The normalized spacial score (nSPS) is 15.1. The molecular weight excluding hydrogens is 433 g/mol. The fraction of sp³-hybridized carbons (Fsp3) is 0.333. The second-order valence-corrected chi connectivity index (χ2v) is 8.20. The molecular formula is C21H22Cl3N3O2. The molecule has 2 aromatic carbocycles. The zero-order chi connectivity index (χ0) is 20.8. The van der Waals surface area contributed by atoms with Crippen molar-refractivity contribution in [3.63, 3.8) is 0 Å². The topological polar surface area (TPSA) is 52.7 Å². The molecule has 1 fully saturated rings. The highest BCUT2D eigenvalue weighted by Gasteiger charge is 2.20. The number of carbonyl (C=O) groups excluding carboxylic acids is 2. The third-order valence-electron chi connectivity index (χ3n) is 4.84. The Kier molecular flexibility index (Phi) is 7.78. The Morgan fingerprint density at radius 1 is 0.897 bits per heavy atom. The van der Waals surface area contributed by atoms with Crippen LogP contribution in [0.4, 0.5) is 0 Å². The molecule has 0 saturated carbocycles. The van der Waals surface area contributed by atoms with Crippen LogP contribution in [-0.4, -0.2) is 54.3 Å². The van der Waals surface area contributed by atoms with Gasteiger partial charge in [0.05, 0.1) is 16.6 Å². The lowest BCUT2D eigenvalue weighted by Crippen LogP contribution is -2.42. The third-order valence-corrected chi connectivity index (χ3v) is 5.83. The smallest absolute Gasteiger partial charge is 0.251 e. The van der Waals surface area contributed by atoms with E-state index in [1.165, 1.54) is 11.6 Å². The van der Waals surface area contributed by atoms with Crippen LogP contribution in [0.1, 0.15) is 22.3 Å². The van der Waals surface area contributed by atoms with Gasteiger partial charge in [-0.25, -0.2) is 0 Å². The van der Waals surface area contributed by atoms with Crippen LogP contribution >= 0.6 is 34.8 Å². The van der Waals surface area contributed by atoms with E-state index >= 15 is 0 Å². The fourth-order valence-electron chi connectivity index (χ4n) is 3.23. The first-order valence-corrected chi connectivity index (χ1v) is 10.5. The van der Waals surface area contributed by atoms with Gasteiger partial charge >= 0.3 is 0 Å². The van der Waals surface area contributed by atoms with Crippen LogP contribution in [0.2, 0.25) is 15.1 Å². The van der Waals surface area contributed by atoms with Crippen molar-refractivity contribution in [2.75, 3.05) is 32.7 Å². The van der Waals surface area contributed by atoms with E-state index in [1.807, 2.05) is 24.3 Å². The minimum atomic E-state index is -0.351. The van der Waals surface area contributed by atoms with Gasteiger partial charge in [-0.2, -0.15) is 0 Å². The summed E-state index contributed by atoms with van der Waals surface area (Å²) in [4.78, 5) is 28.9. The quantitative estimate of drug-likeness (QED) is 0.740. The molecule has 1 aliphatic rings. The Morgan fingerprint density at radius 2 is 1.66 bits per heavy atom. The standard InChI is InChI=1S/C21H22Cl3N3O2/c22-17-5-2-15(3-6-17)14-26-8-1-9-27(11-10-26)20(28)13-25-21(29)16-4-7-18(23)19(24)12-16/h2-7,12H,1,8-11,13-14H2,(H,25,29). The molecule has 0 spiro atoms. The summed E-state index contributed by atoms with van der Waals surface area (Å²) in [5.41, 5.74) is 1.57. The monoisotopic (exact) mass is 453 g/mol. The van der Waals surface area contributed by atoms with Gasteiger partial charge < -0.3 is 10.2 Å². The minimum absolute atomic E-state index is 0.0454. The predicted molar refractivity (Wildman–Crippen MR) is 117 cm³/mol. The summed E-state index contributed by atoms with van der Waals surface area (Å²) in [6.07, 6.45) is 0.889. The number of nitrogens with one attached hydrogen (secondary N) is 1. The maximum atomic E-state index is 12.5. The molecule has 0 radical (unpaired) electrons.